The highest BCUT2D eigenvalue weighted by Crippen LogP contribution is 2.27. The lowest BCUT2D eigenvalue weighted by atomic mass is 10.00. The average molecular weight is 258 g/mol. The van der Waals surface area contributed by atoms with Crippen LogP contribution < -0.4 is 5.32 Å². The first-order valence-electron chi connectivity index (χ1n) is 6.37. The van der Waals surface area contributed by atoms with Crippen molar-refractivity contribution >= 4 is 17.7 Å². The molecule has 0 aromatic heterocycles. The Labute approximate surface area is 110 Å². The molecular formula is C14H14N2O3. The van der Waals surface area contributed by atoms with Crippen molar-refractivity contribution in [3.8, 4) is 0 Å². The van der Waals surface area contributed by atoms with E-state index < -0.39 is 6.04 Å². The Balaban J connectivity index is 1.94. The van der Waals surface area contributed by atoms with Gasteiger partial charge >= 0.3 is 0 Å². The topological polar surface area (TPSA) is 66.5 Å². The monoisotopic (exact) mass is 258 g/mol. The number of carbonyl (C=O) groups is 3. The normalized spacial score (nSPS) is 26.4. The molecule has 3 rings (SSSR count). The molecule has 1 saturated heterocycles. The Morgan fingerprint density at radius 2 is 1.63 bits per heavy atom. The van der Waals surface area contributed by atoms with E-state index in [0.717, 1.165) is 11.3 Å². The zero-order valence-electron chi connectivity index (χ0n) is 10.6. The Bertz CT molecular complexity index is 547. The van der Waals surface area contributed by atoms with Crippen LogP contribution in [-0.2, 0) is 4.79 Å². The van der Waals surface area contributed by atoms with Gasteiger partial charge in [-0.15, -0.1) is 0 Å². The molecule has 0 aliphatic carbocycles. The van der Waals surface area contributed by atoms with E-state index in [1.165, 1.54) is 0 Å². The van der Waals surface area contributed by atoms with Crippen molar-refractivity contribution in [1.82, 2.24) is 10.2 Å². The Hall–Kier alpha value is -2.17. The number of nitrogens with one attached hydrogen (secondary N) is 1. The molecule has 0 bridgehead atoms. The lowest BCUT2D eigenvalue weighted by molar-refractivity contribution is -0.127. The summed E-state index contributed by atoms with van der Waals surface area (Å²) in [6, 6.07) is 6.10. The van der Waals surface area contributed by atoms with Crippen LogP contribution in [0.5, 0.6) is 0 Å². The standard InChI is InChI=1S/C14H14N2O3/c1-8-6-7-11(12(17)15-8)16-13(18)9-4-2-3-5-10(9)14(16)19/h2-5,8,11H,6-7H2,1H3,(H,15,17)/t8-,11+/m1/s1. The molecule has 0 saturated carbocycles. The van der Waals surface area contributed by atoms with E-state index in [1.54, 1.807) is 24.3 Å². The second kappa shape index (κ2) is 4.19. The third kappa shape index (κ3) is 1.73. The van der Waals surface area contributed by atoms with Crippen molar-refractivity contribution in [2.24, 2.45) is 0 Å². The summed E-state index contributed by atoms with van der Waals surface area (Å²) in [6.45, 7) is 1.91. The molecule has 1 aromatic rings. The Kier molecular flexibility index (Phi) is 2.62. The van der Waals surface area contributed by atoms with Gasteiger partial charge < -0.3 is 5.32 Å². The van der Waals surface area contributed by atoms with Crippen molar-refractivity contribution in [3.05, 3.63) is 35.4 Å². The van der Waals surface area contributed by atoms with Gasteiger partial charge in [-0.25, -0.2) is 0 Å². The fourth-order valence-corrected chi connectivity index (χ4v) is 2.69. The van der Waals surface area contributed by atoms with E-state index in [-0.39, 0.29) is 23.8 Å². The van der Waals surface area contributed by atoms with E-state index in [9.17, 15) is 14.4 Å². The maximum absolute atomic E-state index is 12.3. The van der Waals surface area contributed by atoms with Gasteiger partial charge in [-0.3, -0.25) is 19.3 Å². The smallest absolute Gasteiger partial charge is 0.262 e. The summed E-state index contributed by atoms with van der Waals surface area (Å²) in [6.07, 6.45) is 1.29. The number of hydrogen-bond acceptors (Lipinski definition) is 3. The molecule has 1 aromatic carbocycles. The SMILES string of the molecule is C[C@@H]1CC[C@H](N2C(=O)c3ccccc3C2=O)C(=O)N1. The van der Waals surface area contributed by atoms with Gasteiger partial charge in [-0.2, -0.15) is 0 Å². The molecule has 19 heavy (non-hydrogen) atoms. The molecule has 0 radical (unpaired) electrons. The van der Waals surface area contributed by atoms with Crippen LogP contribution in [-0.4, -0.2) is 34.7 Å². The summed E-state index contributed by atoms with van der Waals surface area (Å²) in [7, 11) is 0. The summed E-state index contributed by atoms with van der Waals surface area (Å²) in [5, 5.41) is 2.79. The van der Waals surface area contributed by atoms with Crippen molar-refractivity contribution in [1.29, 1.82) is 0 Å². The number of carbonyl (C=O) groups excluding carboxylic acids is 3. The number of fused-ring (bicyclic) bond motifs is 1. The summed E-state index contributed by atoms with van der Waals surface area (Å²) in [4.78, 5) is 37.6. The molecule has 2 heterocycles. The molecule has 1 fully saturated rings. The molecule has 0 unspecified atom stereocenters. The zero-order chi connectivity index (χ0) is 13.6. The van der Waals surface area contributed by atoms with Crippen LogP contribution >= 0.6 is 0 Å². The summed E-state index contributed by atoms with van der Waals surface area (Å²) in [5.41, 5.74) is 0.776. The van der Waals surface area contributed by atoms with Crippen LogP contribution in [0.2, 0.25) is 0 Å². The summed E-state index contributed by atoms with van der Waals surface area (Å²) in [5.74, 6) is -0.973. The minimum atomic E-state index is -0.677. The van der Waals surface area contributed by atoms with Crippen LogP contribution in [0.4, 0.5) is 0 Å². The first kappa shape index (κ1) is 11.9. The highest BCUT2D eigenvalue weighted by Gasteiger charge is 2.43. The minimum absolute atomic E-state index is 0.0962. The van der Waals surface area contributed by atoms with Crippen molar-refractivity contribution in [3.63, 3.8) is 0 Å². The molecule has 5 heteroatoms. The molecule has 2 aliphatic rings. The maximum atomic E-state index is 12.3. The molecule has 0 spiro atoms. The number of imide groups is 1. The molecule has 5 nitrogen and oxygen atoms in total. The van der Waals surface area contributed by atoms with Gasteiger partial charge in [0.15, 0.2) is 0 Å². The quantitative estimate of drug-likeness (QED) is 0.763. The van der Waals surface area contributed by atoms with E-state index in [4.69, 9.17) is 0 Å². The number of nitrogens with zero attached hydrogens (tertiary/aromatic N) is 1. The van der Waals surface area contributed by atoms with Crippen LogP contribution in [0, 0.1) is 0 Å². The lowest BCUT2D eigenvalue weighted by Gasteiger charge is -2.31. The highest BCUT2D eigenvalue weighted by molar-refractivity contribution is 6.22. The van der Waals surface area contributed by atoms with Gasteiger partial charge in [0.25, 0.3) is 11.8 Å². The largest absolute Gasteiger partial charge is 0.352 e. The molecule has 2 aliphatic heterocycles. The van der Waals surface area contributed by atoms with Gasteiger partial charge in [0.1, 0.15) is 6.04 Å². The zero-order valence-corrected chi connectivity index (χ0v) is 10.6. The Morgan fingerprint density at radius 1 is 1.05 bits per heavy atom. The fourth-order valence-electron chi connectivity index (χ4n) is 2.69. The van der Waals surface area contributed by atoms with Gasteiger partial charge in [0.05, 0.1) is 11.1 Å². The van der Waals surface area contributed by atoms with Crippen LogP contribution in [0.15, 0.2) is 24.3 Å². The van der Waals surface area contributed by atoms with E-state index in [0.29, 0.717) is 17.5 Å². The summed E-state index contributed by atoms with van der Waals surface area (Å²) < 4.78 is 0. The van der Waals surface area contributed by atoms with Crippen LogP contribution in [0.25, 0.3) is 0 Å². The first-order chi connectivity index (χ1) is 9.09. The molecule has 3 amide bonds. The molecule has 2 atom stereocenters. The highest BCUT2D eigenvalue weighted by atomic mass is 16.2. The van der Waals surface area contributed by atoms with Gasteiger partial charge in [-0.1, -0.05) is 12.1 Å². The van der Waals surface area contributed by atoms with Crippen LogP contribution in [0.3, 0.4) is 0 Å². The summed E-state index contributed by atoms with van der Waals surface area (Å²) >= 11 is 0. The second-order valence-corrected chi connectivity index (χ2v) is 5.03. The predicted molar refractivity (Wildman–Crippen MR) is 67.6 cm³/mol. The number of piperidine rings is 1. The van der Waals surface area contributed by atoms with Gasteiger partial charge in [0.2, 0.25) is 5.91 Å². The maximum Gasteiger partial charge on any atom is 0.262 e. The molecule has 1 N–H and O–H groups in total. The van der Waals surface area contributed by atoms with E-state index in [1.807, 2.05) is 6.92 Å². The predicted octanol–water partition coefficient (Wildman–Crippen LogP) is 0.950. The van der Waals surface area contributed by atoms with Crippen molar-refractivity contribution in [2.45, 2.75) is 31.8 Å². The average Bonchev–Trinajstić information content (AvgIpc) is 2.64. The van der Waals surface area contributed by atoms with Gasteiger partial charge in [-0.05, 0) is 31.9 Å². The third-order valence-electron chi connectivity index (χ3n) is 3.70. The van der Waals surface area contributed by atoms with Crippen molar-refractivity contribution in [2.75, 3.05) is 0 Å². The Morgan fingerprint density at radius 3 is 2.16 bits per heavy atom. The minimum Gasteiger partial charge on any atom is -0.352 e. The van der Waals surface area contributed by atoms with Crippen molar-refractivity contribution < 1.29 is 14.4 Å². The number of benzene rings is 1. The fraction of sp³-hybridized carbons (Fsp3) is 0.357. The third-order valence-corrected chi connectivity index (χ3v) is 3.70. The second-order valence-electron chi connectivity index (χ2n) is 5.03. The lowest BCUT2D eigenvalue weighted by Crippen LogP contribution is -2.54. The van der Waals surface area contributed by atoms with Gasteiger partial charge in [0, 0.05) is 6.04 Å². The first-order valence-corrected chi connectivity index (χ1v) is 6.37. The number of hydrogen-bond donors (Lipinski definition) is 1. The van der Waals surface area contributed by atoms with E-state index >= 15 is 0 Å². The van der Waals surface area contributed by atoms with E-state index in [2.05, 4.69) is 5.32 Å². The number of rotatable bonds is 1. The molecular weight excluding hydrogens is 244 g/mol. The number of amides is 3. The molecule has 98 valence electrons. The van der Waals surface area contributed by atoms with Crippen LogP contribution in [0.1, 0.15) is 40.5 Å².